The maximum Gasteiger partial charge on any atom is 0.243 e. The number of likely N-dealkylation sites (N-methyl/N-ethyl adjacent to an activating group) is 1. The maximum atomic E-state index is 12.6. The molecule has 1 atom stereocenters. The maximum absolute atomic E-state index is 12.6. The summed E-state index contributed by atoms with van der Waals surface area (Å²) in [5.74, 6) is 0.188. The molecular formula is C16H23N3O2. The Morgan fingerprint density at radius 1 is 1.10 bits per heavy atom. The molecule has 1 fully saturated rings. The van der Waals surface area contributed by atoms with Gasteiger partial charge in [-0.05, 0) is 19.1 Å². The fourth-order valence-electron chi connectivity index (χ4n) is 2.64. The molecule has 5 heteroatoms. The van der Waals surface area contributed by atoms with E-state index in [0.717, 1.165) is 18.8 Å². The molecule has 1 aromatic rings. The van der Waals surface area contributed by atoms with Gasteiger partial charge in [0.1, 0.15) is 0 Å². The van der Waals surface area contributed by atoms with Crippen molar-refractivity contribution in [2.75, 3.05) is 38.1 Å². The number of amides is 2. The van der Waals surface area contributed by atoms with Crippen LogP contribution in [0.25, 0.3) is 0 Å². The minimum atomic E-state index is -0.177. The monoisotopic (exact) mass is 289 g/mol. The zero-order chi connectivity index (χ0) is 15.4. The lowest BCUT2D eigenvalue weighted by Gasteiger charge is -2.38. The first-order chi connectivity index (χ1) is 10.0. The number of para-hydroxylation sites is 1. The summed E-state index contributed by atoms with van der Waals surface area (Å²) in [7, 11) is 1.81. The summed E-state index contributed by atoms with van der Waals surface area (Å²) in [5, 5.41) is 0. The summed E-state index contributed by atoms with van der Waals surface area (Å²) in [4.78, 5) is 29.6. The van der Waals surface area contributed by atoms with Crippen LogP contribution in [-0.2, 0) is 9.59 Å². The fourth-order valence-corrected chi connectivity index (χ4v) is 2.64. The Kier molecular flexibility index (Phi) is 4.96. The summed E-state index contributed by atoms with van der Waals surface area (Å²) < 4.78 is 0. The molecule has 114 valence electrons. The molecule has 2 rings (SSSR count). The first-order valence-electron chi connectivity index (χ1n) is 7.33. The number of benzene rings is 1. The van der Waals surface area contributed by atoms with E-state index in [2.05, 4.69) is 4.90 Å². The van der Waals surface area contributed by atoms with E-state index >= 15 is 0 Å². The molecule has 1 unspecified atom stereocenters. The van der Waals surface area contributed by atoms with E-state index in [0.29, 0.717) is 13.1 Å². The zero-order valence-electron chi connectivity index (χ0n) is 13.0. The van der Waals surface area contributed by atoms with Crippen molar-refractivity contribution in [1.29, 1.82) is 0 Å². The average Bonchev–Trinajstić information content (AvgIpc) is 2.53. The van der Waals surface area contributed by atoms with Crippen molar-refractivity contribution >= 4 is 17.5 Å². The van der Waals surface area contributed by atoms with Crippen LogP contribution in [0.2, 0.25) is 0 Å². The van der Waals surface area contributed by atoms with Crippen LogP contribution in [0, 0.1) is 0 Å². The molecule has 1 saturated heterocycles. The molecule has 21 heavy (non-hydrogen) atoms. The Morgan fingerprint density at radius 3 is 2.19 bits per heavy atom. The van der Waals surface area contributed by atoms with Crippen molar-refractivity contribution in [3.8, 4) is 0 Å². The molecule has 0 spiro atoms. The fraction of sp³-hybridized carbons (Fsp3) is 0.500. The highest BCUT2D eigenvalue weighted by Crippen LogP contribution is 2.15. The molecule has 1 heterocycles. The van der Waals surface area contributed by atoms with Crippen LogP contribution < -0.4 is 4.90 Å². The van der Waals surface area contributed by atoms with Gasteiger partial charge in [0.05, 0.1) is 6.04 Å². The predicted octanol–water partition coefficient (Wildman–Crippen LogP) is 1.20. The van der Waals surface area contributed by atoms with E-state index in [9.17, 15) is 9.59 Å². The highest BCUT2D eigenvalue weighted by molar-refractivity contribution is 5.96. The predicted molar refractivity (Wildman–Crippen MR) is 83.1 cm³/mol. The zero-order valence-corrected chi connectivity index (χ0v) is 13.0. The normalized spacial score (nSPS) is 17.4. The van der Waals surface area contributed by atoms with Gasteiger partial charge in [-0.3, -0.25) is 14.5 Å². The Bertz CT molecular complexity index is 496. The third kappa shape index (κ3) is 3.61. The van der Waals surface area contributed by atoms with Gasteiger partial charge < -0.3 is 9.80 Å². The number of carbonyl (C=O) groups excluding carboxylic acids is 2. The van der Waals surface area contributed by atoms with Crippen molar-refractivity contribution in [3.05, 3.63) is 30.3 Å². The van der Waals surface area contributed by atoms with Crippen molar-refractivity contribution in [3.63, 3.8) is 0 Å². The third-order valence-electron chi connectivity index (χ3n) is 4.14. The molecule has 1 aliphatic rings. The van der Waals surface area contributed by atoms with E-state index < -0.39 is 0 Å². The van der Waals surface area contributed by atoms with Crippen molar-refractivity contribution in [2.45, 2.75) is 19.9 Å². The van der Waals surface area contributed by atoms with Crippen molar-refractivity contribution in [1.82, 2.24) is 9.80 Å². The number of rotatable bonds is 3. The van der Waals surface area contributed by atoms with E-state index in [4.69, 9.17) is 0 Å². The third-order valence-corrected chi connectivity index (χ3v) is 4.14. The quantitative estimate of drug-likeness (QED) is 0.840. The SMILES string of the molecule is CC(=O)N1CCN(C(C)C(=O)N(C)c2ccccc2)CC1. The molecule has 0 saturated carbocycles. The molecule has 2 amide bonds. The highest BCUT2D eigenvalue weighted by atomic mass is 16.2. The number of piperazine rings is 1. The van der Waals surface area contributed by atoms with Crippen molar-refractivity contribution in [2.24, 2.45) is 0 Å². The first-order valence-corrected chi connectivity index (χ1v) is 7.33. The van der Waals surface area contributed by atoms with Crippen LogP contribution in [0.5, 0.6) is 0 Å². The molecule has 0 radical (unpaired) electrons. The summed E-state index contributed by atoms with van der Waals surface area (Å²) in [6.07, 6.45) is 0. The molecule has 0 bridgehead atoms. The average molecular weight is 289 g/mol. The van der Waals surface area contributed by atoms with Gasteiger partial charge in [-0.2, -0.15) is 0 Å². The van der Waals surface area contributed by atoms with Gasteiger partial charge in [-0.25, -0.2) is 0 Å². The number of nitrogens with zero attached hydrogens (tertiary/aromatic N) is 3. The molecule has 1 aliphatic heterocycles. The smallest absolute Gasteiger partial charge is 0.243 e. The minimum Gasteiger partial charge on any atom is -0.340 e. The molecule has 5 nitrogen and oxygen atoms in total. The summed E-state index contributed by atoms with van der Waals surface area (Å²) in [6, 6.07) is 9.47. The van der Waals surface area contributed by atoms with E-state index in [-0.39, 0.29) is 17.9 Å². The lowest BCUT2D eigenvalue weighted by molar-refractivity contribution is -0.131. The lowest BCUT2D eigenvalue weighted by atomic mass is 10.2. The summed E-state index contributed by atoms with van der Waals surface area (Å²) in [6.45, 7) is 6.41. The van der Waals surface area contributed by atoms with Crippen LogP contribution in [-0.4, -0.2) is 60.9 Å². The van der Waals surface area contributed by atoms with Crippen LogP contribution >= 0.6 is 0 Å². The number of hydrogen-bond acceptors (Lipinski definition) is 3. The first kappa shape index (κ1) is 15.5. The van der Waals surface area contributed by atoms with Gasteiger partial charge in [0.15, 0.2) is 0 Å². The van der Waals surface area contributed by atoms with Gasteiger partial charge in [0.2, 0.25) is 11.8 Å². The highest BCUT2D eigenvalue weighted by Gasteiger charge is 2.28. The molecular weight excluding hydrogens is 266 g/mol. The van der Waals surface area contributed by atoms with Gasteiger partial charge in [0.25, 0.3) is 0 Å². The Morgan fingerprint density at radius 2 is 1.67 bits per heavy atom. The number of carbonyl (C=O) groups is 2. The van der Waals surface area contributed by atoms with Crippen molar-refractivity contribution < 1.29 is 9.59 Å². The Labute approximate surface area is 126 Å². The van der Waals surface area contributed by atoms with Crippen LogP contribution in [0.15, 0.2) is 30.3 Å². The van der Waals surface area contributed by atoms with E-state index in [1.165, 1.54) is 0 Å². The second-order valence-electron chi connectivity index (χ2n) is 5.45. The van der Waals surface area contributed by atoms with Crippen LogP contribution in [0.3, 0.4) is 0 Å². The number of hydrogen-bond donors (Lipinski definition) is 0. The molecule has 0 aromatic heterocycles. The molecule has 0 aliphatic carbocycles. The van der Waals surface area contributed by atoms with Gasteiger partial charge >= 0.3 is 0 Å². The van der Waals surface area contributed by atoms with Crippen LogP contribution in [0.4, 0.5) is 5.69 Å². The van der Waals surface area contributed by atoms with Gasteiger partial charge in [-0.1, -0.05) is 18.2 Å². The topological polar surface area (TPSA) is 43.9 Å². The number of anilines is 1. The second-order valence-corrected chi connectivity index (χ2v) is 5.45. The minimum absolute atomic E-state index is 0.0810. The summed E-state index contributed by atoms with van der Waals surface area (Å²) in [5.41, 5.74) is 0.900. The van der Waals surface area contributed by atoms with Gasteiger partial charge in [-0.15, -0.1) is 0 Å². The van der Waals surface area contributed by atoms with Gasteiger partial charge in [0, 0.05) is 45.8 Å². The largest absolute Gasteiger partial charge is 0.340 e. The van der Waals surface area contributed by atoms with Crippen LogP contribution in [0.1, 0.15) is 13.8 Å². The van der Waals surface area contributed by atoms with E-state index in [1.54, 1.807) is 18.9 Å². The Balaban J connectivity index is 1.96. The summed E-state index contributed by atoms with van der Waals surface area (Å²) >= 11 is 0. The Hall–Kier alpha value is -1.88. The molecule has 1 aromatic carbocycles. The second kappa shape index (κ2) is 6.72. The lowest BCUT2D eigenvalue weighted by Crippen LogP contribution is -2.54. The molecule has 0 N–H and O–H groups in total. The standard InChI is InChI=1S/C16H23N3O2/c1-13(18-9-11-19(12-10-18)14(2)20)16(21)17(3)15-7-5-4-6-8-15/h4-8,13H,9-12H2,1-3H3. The van der Waals surface area contributed by atoms with E-state index in [1.807, 2.05) is 42.2 Å².